The van der Waals surface area contributed by atoms with Crippen molar-refractivity contribution < 1.29 is 9.47 Å². The third kappa shape index (κ3) is 4.14. The van der Waals surface area contributed by atoms with Crippen LogP contribution in [-0.2, 0) is 6.42 Å². The van der Waals surface area contributed by atoms with Crippen molar-refractivity contribution in [1.29, 1.82) is 5.26 Å². The number of ether oxygens (including phenoxy) is 2. The van der Waals surface area contributed by atoms with E-state index in [2.05, 4.69) is 35.4 Å². The van der Waals surface area contributed by atoms with Crippen molar-refractivity contribution in [3.05, 3.63) is 59.8 Å². The molecule has 1 N–H and O–H groups in total. The van der Waals surface area contributed by atoms with Gasteiger partial charge in [-0.25, -0.2) is 0 Å². The largest absolute Gasteiger partial charge is 0.497 e. The number of aromatic amines is 1. The first-order valence-corrected chi connectivity index (χ1v) is 11.8. The molecule has 2 aliphatic rings. The molecule has 0 spiro atoms. The van der Waals surface area contributed by atoms with Crippen LogP contribution in [0.1, 0.15) is 49.5 Å². The minimum Gasteiger partial charge on any atom is -0.497 e. The second kappa shape index (κ2) is 9.16. The molecule has 5 rings (SSSR count). The van der Waals surface area contributed by atoms with Gasteiger partial charge in [0.2, 0.25) is 0 Å². The number of aromatic nitrogens is 1. The van der Waals surface area contributed by atoms with Crippen LogP contribution < -0.4 is 9.47 Å². The Morgan fingerprint density at radius 2 is 1.75 bits per heavy atom. The van der Waals surface area contributed by atoms with E-state index in [-0.39, 0.29) is 6.10 Å². The van der Waals surface area contributed by atoms with E-state index < -0.39 is 0 Å². The predicted octanol–water partition coefficient (Wildman–Crippen LogP) is 5.83. The Balaban J connectivity index is 1.56. The second-order valence-corrected chi connectivity index (χ2v) is 9.18. The Hall–Kier alpha value is -3.13. The molecule has 2 aromatic carbocycles. The van der Waals surface area contributed by atoms with Crippen molar-refractivity contribution in [2.24, 2.45) is 11.8 Å². The highest BCUT2D eigenvalue weighted by Crippen LogP contribution is 2.41. The molecular weight excluding hydrogens is 398 g/mol. The normalized spacial score (nSPS) is 23.6. The van der Waals surface area contributed by atoms with Crippen LogP contribution in [-0.4, -0.2) is 30.1 Å². The van der Waals surface area contributed by atoms with Crippen LogP contribution in [0, 0.1) is 23.3 Å². The summed E-state index contributed by atoms with van der Waals surface area (Å²) in [5.41, 5.74) is 3.60. The Morgan fingerprint density at radius 3 is 2.53 bits per heavy atom. The third-order valence-corrected chi connectivity index (χ3v) is 7.32. The Morgan fingerprint density at radius 1 is 1.00 bits per heavy atom. The highest BCUT2D eigenvalue weighted by atomic mass is 16.5. The number of benzene rings is 2. The van der Waals surface area contributed by atoms with Gasteiger partial charge in [0.25, 0.3) is 0 Å². The first-order valence-electron chi connectivity index (χ1n) is 11.8. The van der Waals surface area contributed by atoms with Crippen LogP contribution in [0.3, 0.4) is 0 Å². The fourth-order valence-corrected chi connectivity index (χ4v) is 5.63. The molecule has 0 radical (unpaired) electrons. The zero-order chi connectivity index (χ0) is 21.9. The number of para-hydroxylation sites is 1. The van der Waals surface area contributed by atoms with Gasteiger partial charge in [-0.2, -0.15) is 5.26 Å². The summed E-state index contributed by atoms with van der Waals surface area (Å²) < 4.78 is 12.0. The quantitative estimate of drug-likeness (QED) is 0.532. The van der Waals surface area contributed by atoms with E-state index in [1.54, 1.807) is 7.11 Å². The molecule has 1 saturated carbocycles. The van der Waals surface area contributed by atoms with Gasteiger partial charge >= 0.3 is 0 Å². The maximum absolute atomic E-state index is 9.79. The van der Waals surface area contributed by atoms with Gasteiger partial charge in [0.1, 0.15) is 17.6 Å². The number of hydrogen-bond donors (Lipinski definition) is 1. The molecule has 1 aliphatic carbocycles. The molecule has 1 aliphatic heterocycles. The Labute approximate surface area is 189 Å². The van der Waals surface area contributed by atoms with E-state index in [1.807, 2.05) is 29.2 Å². The Bertz CT molecular complexity index is 1100. The molecule has 0 amide bonds. The van der Waals surface area contributed by atoms with Crippen LogP contribution in [0.2, 0.25) is 0 Å². The monoisotopic (exact) mass is 429 g/mol. The highest BCUT2D eigenvalue weighted by Gasteiger charge is 2.33. The van der Waals surface area contributed by atoms with Gasteiger partial charge in [-0.05, 0) is 73.4 Å². The molecule has 2 heterocycles. The molecule has 0 saturated heterocycles. The summed E-state index contributed by atoms with van der Waals surface area (Å²) in [5, 5.41) is 11.0. The maximum Gasteiger partial charge on any atom is 0.179 e. The maximum atomic E-state index is 9.79. The highest BCUT2D eigenvalue weighted by molar-refractivity contribution is 5.84. The summed E-state index contributed by atoms with van der Waals surface area (Å²) in [6, 6.07) is 16.4. The van der Waals surface area contributed by atoms with Crippen LogP contribution in [0.15, 0.2) is 48.5 Å². The van der Waals surface area contributed by atoms with Gasteiger partial charge in [-0.1, -0.05) is 31.0 Å². The summed E-state index contributed by atoms with van der Waals surface area (Å²) in [5.74, 6) is 2.80. The molecule has 5 heteroatoms. The molecule has 3 unspecified atom stereocenters. The average Bonchev–Trinajstić information content (AvgIpc) is 3.21. The zero-order valence-electron chi connectivity index (χ0n) is 18.7. The van der Waals surface area contributed by atoms with Crippen molar-refractivity contribution in [1.82, 2.24) is 9.88 Å². The van der Waals surface area contributed by atoms with Crippen molar-refractivity contribution in [3.63, 3.8) is 0 Å². The molecular formula is C27H31N3O2. The van der Waals surface area contributed by atoms with E-state index in [0.29, 0.717) is 11.8 Å². The number of nitriles is 1. The van der Waals surface area contributed by atoms with Crippen LogP contribution in [0.4, 0.5) is 0 Å². The number of nitrogens with zero attached hydrogens (tertiary/aromatic N) is 2. The van der Waals surface area contributed by atoms with E-state index in [9.17, 15) is 5.26 Å². The first kappa shape index (κ1) is 20.8. The number of H-pyrrole nitrogens is 1. The van der Waals surface area contributed by atoms with Gasteiger partial charge in [0.05, 0.1) is 12.8 Å². The number of hydrogen-bond acceptors (Lipinski definition) is 4. The molecule has 32 heavy (non-hydrogen) atoms. The lowest BCUT2D eigenvalue weighted by molar-refractivity contribution is 0.104. The smallest absolute Gasteiger partial charge is 0.179 e. The molecule has 0 bridgehead atoms. The molecule has 1 fully saturated rings. The minimum absolute atomic E-state index is 0.0370. The van der Waals surface area contributed by atoms with Gasteiger partial charge < -0.3 is 19.4 Å². The summed E-state index contributed by atoms with van der Waals surface area (Å²) in [6.45, 7) is 1.62. The zero-order valence-corrected chi connectivity index (χ0v) is 18.7. The number of rotatable bonds is 3. The summed E-state index contributed by atoms with van der Waals surface area (Å²) >= 11 is 0. The van der Waals surface area contributed by atoms with Gasteiger partial charge in [0, 0.05) is 24.0 Å². The molecule has 166 valence electrons. The topological polar surface area (TPSA) is 61.3 Å². The lowest BCUT2D eigenvalue weighted by Crippen LogP contribution is -2.35. The standard InChI is InChI=1S/C27H31N3O2/c1-31-21-10-12-22(13-11-21)32-26-16-19-6-2-3-7-20(19)17-30(18-28)15-14-24-23-8-4-5-9-25(23)29-27(24)26/h4-5,8-13,19-20,26,29H,2-3,6-7,14-17H2,1H3. The number of nitrogens with one attached hydrogen (secondary N) is 1. The van der Waals surface area contributed by atoms with Crippen LogP contribution >= 0.6 is 0 Å². The molecule has 1 aromatic heterocycles. The van der Waals surface area contributed by atoms with Crippen LogP contribution in [0.25, 0.3) is 10.9 Å². The lowest BCUT2D eigenvalue weighted by atomic mass is 9.75. The molecule has 5 nitrogen and oxygen atoms in total. The molecule has 3 atom stereocenters. The summed E-state index contributed by atoms with van der Waals surface area (Å²) in [7, 11) is 1.68. The van der Waals surface area contributed by atoms with E-state index >= 15 is 0 Å². The predicted molar refractivity (Wildman–Crippen MR) is 126 cm³/mol. The summed E-state index contributed by atoms with van der Waals surface area (Å²) in [4.78, 5) is 5.69. The minimum atomic E-state index is -0.0370. The van der Waals surface area contributed by atoms with Gasteiger partial charge in [0.15, 0.2) is 6.19 Å². The third-order valence-electron chi connectivity index (χ3n) is 7.32. The fraction of sp³-hybridized carbons (Fsp3) is 0.444. The van der Waals surface area contributed by atoms with Crippen molar-refractivity contribution in [2.75, 3.05) is 20.2 Å². The summed E-state index contributed by atoms with van der Waals surface area (Å²) in [6.07, 6.45) is 9.19. The van der Waals surface area contributed by atoms with E-state index in [0.717, 1.165) is 42.9 Å². The lowest BCUT2D eigenvalue weighted by Gasteiger charge is -2.37. The second-order valence-electron chi connectivity index (χ2n) is 9.18. The first-order chi connectivity index (χ1) is 15.7. The van der Waals surface area contributed by atoms with Crippen LogP contribution in [0.5, 0.6) is 11.5 Å². The van der Waals surface area contributed by atoms with E-state index in [4.69, 9.17) is 9.47 Å². The van der Waals surface area contributed by atoms with Gasteiger partial charge in [-0.15, -0.1) is 0 Å². The SMILES string of the molecule is COc1ccc(OC2CC3CCCCC3CN(C#N)CCc3c2[nH]c2ccccc32)cc1. The number of fused-ring (bicyclic) bond motifs is 4. The van der Waals surface area contributed by atoms with Crippen molar-refractivity contribution >= 4 is 10.9 Å². The fourth-order valence-electron chi connectivity index (χ4n) is 5.63. The number of methoxy groups -OCH3 is 1. The van der Waals surface area contributed by atoms with E-state index in [1.165, 1.54) is 42.3 Å². The Kier molecular flexibility index (Phi) is 5.94. The van der Waals surface area contributed by atoms with Gasteiger partial charge in [-0.3, -0.25) is 0 Å². The average molecular weight is 430 g/mol. The van der Waals surface area contributed by atoms with Crippen molar-refractivity contribution in [2.45, 2.75) is 44.6 Å². The van der Waals surface area contributed by atoms with Crippen molar-refractivity contribution in [3.8, 4) is 17.7 Å². The molecule has 3 aromatic rings.